The number of methoxy groups -OCH3 is 1. The summed E-state index contributed by atoms with van der Waals surface area (Å²) in [4.78, 5) is 31.3. The zero-order valence-corrected chi connectivity index (χ0v) is 21.4. The molecule has 0 saturated heterocycles. The van der Waals surface area contributed by atoms with E-state index in [9.17, 15) is 9.59 Å². The lowest BCUT2D eigenvalue weighted by molar-refractivity contribution is -0.141. The normalized spacial score (nSPS) is 15.0. The van der Waals surface area contributed by atoms with Crippen LogP contribution in [0.4, 0.5) is 0 Å². The van der Waals surface area contributed by atoms with Gasteiger partial charge < -0.3 is 15.0 Å². The van der Waals surface area contributed by atoms with Gasteiger partial charge >= 0.3 is 0 Å². The molecular formula is C27H32N2O3S2. The lowest BCUT2D eigenvalue weighted by Crippen LogP contribution is -2.47. The van der Waals surface area contributed by atoms with Crippen LogP contribution >= 0.6 is 22.7 Å². The Morgan fingerprint density at radius 3 is 2.53 bits per heavy atom. The minimum Gasteiger partial charge on any atom is -0.496 e. The number of ether oxygens (including phenoxy) is 1. The van der Waals surface area contributed by atoms with Gasteiger partial charge in [0.25, 0.3) is 0 Å². The molecule has 7 heteroatoms. The van der Waals surface area contributed by atoms with Gasteiger partial charge in [-0.1, -0.05) is 43.5 Å². The number of hydrogen-bond donors (Lipinski definition) is 1. The highest BCUT2D eigenvalue weighted by Gasteiger charge is 2.35. The highest BCUT2D eigenvalue weighted by Crippen LogP contribution is 2.33. The molecule has 1 fully saturated rings. The third-order valence-corrected chi connectivity index (χ3v) is 8.37. The number of carbonyl (C=O) groups excluding carboxylic acids is 2. The van der Waals surface area contributed by atoms with E-state index in [2.05, 4.69) is 5.32 Å². The third-order valence-electron chi connectivity index (χ3n) is 6.42. The Kier molecular flexibility index (Phi) is 8.40. The van der Waals surface area contributed by atoms with Crippen molar-refractivity contribution in [2.24, 2.45) is 0 Å². The maximum absolute atomic E-state index is 13.8. The molecule has 1 aliphatic rings. The van der Waals surface area contributed by atoms with E-state index >= 15 is 0 Å². The van der Waals surface area contributed by atoms with Gasteiger partial charge in [0.05, 0.1) is 20.1 Å². The maximum atomic E-state index is 13.8. The zero-order chi connectivity index (χ0) is 23.9. The van der Waals surface area contributed by atoms with Crippen LogP contribution in [0.15, 0.2) is 53.2 Å². The Hall–Kier alpha value is -2.64. The monoisotopic (exact) mass is 496 g/mol. The van der Waals surface area contributed by atoms with Crippen molar-refractivity contribution in [3.63, 3.8) is 0 Å². The van der Waals surface area contributed by atoms with Crippen molar-refractivity contribution in [2.45, 2.75) is 64.1 Å². The molecule has 180 valence electrons. The lowest BCUT2D eigenvalue weighted by atomic mass is 9.95. The molecule has 2 aromatic heterocycles. The molecule has 1 saturated carbocycles. The van der Waals surface area contributed by atoms with Crippen LogP contribution in [-0.2, 0) is 22.6 Å². The Labute approximate surface area is 209 Å². The van der Waals surface area contributed by atoms with E-state index in [1.54, 1.807) is 23.3 Å². The Balaban J connectivity index is 1.70. The van der Waals surface area contributed by atoms with Crippen molar-refractivity contribution < 1.29 is 14.3 Å². The molecule has 0 radical (unpaired) electrons. The highest BCUT2D eigenvalue weighted by atomic mass is 32.1. The summed E-state index contributed by atoms with van der Waals surface area (Å²) in [5, 5.41) is 7.26. The second-order valence-electron chi connectivity index (χ2n) is 8.80. The minimum atomic E-state index is -0.681. The van der Waals surface area contributed by atoms with Gasteiger partial charge in [-0.2, -0.15) is 0 Å². The average molecular weight is 497 g/mol. The molecule has 34 heavy (non-hydrogen) atoms. The first-order chi connectivity index (χ1) is 16.6. The van der Waals surface area contributed by atoms with E-state index in [0.717, 1.165) is 46.6 Å². The first-order valence-corrected chi connectivity index (χ1v) is 13.6. The predicted octanol–water partition coefficient (Wildman–Crippen LogP) is 5.89. The number of carbonyl (C=O) groups is 2. The van der Waals surface area contributed by atoms with Crippen LogP contribution in [0, 0.1) is 6.92 Å². The summed E-state index contributed by atoms with van der Waals surface area (Å²) in [7, 11) is 1.63. The van der Waals surface area contributed by atoms with Crippen LogP contribution in [0.25, 0.3) is 0 Å². The first kappa shape index (κ1) is 24.5. The molecule has 0 aliphatic heterocycles. The van der Waals surface area contributed by atoms with Gasteiger partial charge in [-0.15, -0.1) is 22.7 Å². The van der Waals surface area contributed by atoms with E-state index < -0.39 is 6.04 Å². The number of para-hydroxylation sites is 1. The molecule has 0 unspecified atom stereocenters. The number of nitrogens with zero attached hydrogens (tertiary/aromatic N) is 1. The lowest BCUT2D eigenvalue weighted by Gasteiger charge is -2.33. The van der Waals surface area contributed by atoms with Crippen LogP contribution in [0.3, 0.4) is 0 Å². The largest absolute Gasteiger partial charge is 0.496 e. The summed E-state index contributed by atoms with van der Waals surface area (Å²) in [6, 6.07) is 13.1. The van der Waals surface area contributed by atoms with Gasteiger partial charge in [-0.3, -0.25) is 9.59 Å². The van der Waals surface area contributed by atoms with Crippen LogP contribution in [0.5, 0.6) is 5.75 Å². The molecule has 3 aromatic rings. The summed E-state index contributed by atoms with van der Waals surface area (Å²) in [5.74, 6) is 0.558. The van der Waals surface area contributed by atoms with Crippen LogP contribution in [0.2, 0.25) is 0 Å². The van der Waals surface area contributed by atoms with Crippen molar-refractivity contribution in [2.75, 3.05) is 7.11 Å². The van der Waals surface area contributed by atoms with Gasteiger partial charge in [0.2, 0.25) is 11.8 Å². The van der Waals surface area contributed by atoms with E-state index in [-0.39, 0.29) is 24.3 Å². The number of rotatable bonds is 9. The molecule has 1 N–H and O–H groups in total. The molecule has 0 bridgehead atoms. The van der Waals surface area contributed by atoms with Crippen molar-refractivity contribution in [1.29, 1.82) is 0 Å². The predicted molar refractivity (Wildman–Crippen MR) is 138 cm³/mol. The smallest absolute Gasteiger partial charge is 0.248 e. The molecule has 1 atom stereocenters. The van der Waals surface area contributed by atoms with Crippen molar-refractivity contribution in [3.05, 3.63) is 74.1 Å². The van der Waals surface area contributed by atoms with Gasteiger partial charge in [-0.25, -0.2) is 0 Å². The van der Waals surface area contributed by atoms with E-state index in [1.807, 2.05) is 60.1 Å². The van der Waals surface area contributed by atoms with Crippen molar-refractivity contribution >= 4 is 34.5 Å². The second kappa shape index (κ2) is 11.7. The molecule has 2 amide bonds. The Bertz CT molecular complexity index is 1090. The third kappa shape index (κ3) is 5.88. The van der Waals surface area contributed by atoms with Gasteiger partial charge in [0.1, 0.15) is 11.8 Å². The summed E-state index contributed by atoms with van der Waals surface area (Å²) in [6.07, 6.45) is 5.75. The Morgan fingerprint density at radius 2 is 1.85 bits per heavy atom. The quantitative estimate of drug-likeness (QED) is 0.402. The van der Waals surface area contributed by atoms with Crippen LogP contribution in [-0.4, -0.2) is 29.9 Å². The number of benzene rings is 1. The molecule has 0 spiro atoms. The molecule has 1 aromatic carbocycles. The summed E-state index contributed by atoms with van der Waals surface area (Å²) in [5.41, 5.74) is 1.91. The molecule has 4 rings (SSSR count). The topological polar surface area (TPSA) is 58.6 Å². The molecular weight excluding hydrogens is 464 g/mol. The SMILES string of the molecule is COc1ccccc1CN(C(=O)Cc1cccs1)[C@H](C(=O)NC1CCCCC1)c1sccc1C. The number of hydrogen-bond acceptors (Lipinski definition) is 5. The molecule has 2 heterocycles. The average Bonchev–Trinajstić information content (AvgIpc) is 3.51. The second-order valence-corrected chi connectivity index (χ2v) is 10.8. The van der Waals surface area contributed by atoms with Gasteiger partial charge in [0.15, 0.2) is 0 Å². The van der Waals surface area contributed by atoms with E-state index in [1.165, 1.54) is 17.8 Å². The molecule has 5 nitrogen and oxygen atoms in total. The van der Waals surface area contributed by atoms with Crippen LogP contribution < -0.4 is 10.1 Å². The summed E-state index contributed by atoms with van der Waals surface area (Å²) in [6.45, 7) is 2.31. The van der Waals surface area contributed by atoms with E-state index in [0.29, 0.717) is 12.3 Å². The summed E-state index contributed by atoms with van der Waals surface area (Å²) < 4.78 is 5.57. The fourth-order valence-corrected chi connectivity index (χ4v) is 6.33. The molecule has 1 aliphatic carbocycles. The number of thiophene rings is 2. The minimum absolute atomic E-state index is 0.0649. The van der Waals surface area contributed by atoms with Gasteiger partial charge in [-0.05, 0) is 54.3 Å². The Morgan fingerprint density at radius 1 is 1.06 bits per heavy atom. The van der Waals surface area contributed by atoms with Crippen molar-refractivity contribution in [1.82, 2.24) is 10.2 Å². The zero-order valence-electron chi connectivity index (χ0n) is 19.8. The van der Waals surface area contributed by atoms with E-state index in [4.69, 9.17) is 4.74 Å². The fraction of sp³-hybridized carbons (Fsp3) is 0.407. The van der Waals surface area contributed by atoms with Crippen molar-refractivity contribution in [3.8, 4) is 5.75 Å². The highest BCUT2D eigenvalue weighted by molar-refractivity contribution is 7.10. The van der Waals surface area contributed by atoms with Crippen LogP contribution in [0.1, 0.15) is 59.0 Å². The first-order valence-electron chi connectivity index (χ1n) is 11.8. The summed E-state index contributed by atoms with van der Waals surface area (Å²) >= 11 is 3.10. The number of nitrogens with one attached hydrogen (secondary N) is 1. The number of aryl methyl sites for hydroxylation is 1. The maximum Gasteiger partial charge on any atom is 0.248 e. The standard InChI is InChI=1S/C27H32N2O3S2/c1-19-14-16-34-26(19)25(27(31)28-21-10-4-3-5-11-21)29(24(30)17-22-12-8-15-33-22)18-20-9-6-7-13-23(20)32-2/h6-9,12-16,21,25H,3-5,10-11,17-18H2,1-2H3,(H,28,31)/t25-/m0/s1. The number of amides is 2. The van der Waals surface area contributed by atoms with Gasteiger partial charge in [0, 0.05) is 21.4 Å². The fourth-order valence-electron chi connectivity index (χ4n) is 4.60.